The summed E-state index contributed by atoms with van der Waals surface area (Å²) in [7, 11) is 0. The fourth-order valence-electron chi connectivity index (χ4n) is 12.0. The molecule has 19 heavy (non-hydrogen) atoms. The van der Waals surface area contributed by atoms with E-state index in [1.165, 1.54) is 0 Å². The number of hydrogen-bond acceptors (Lipinski definition) is 0. The average Bonchev–Trinajstić information content (AvgIpc) is 2.34. The number of hydrogen-bond donors (Lipinski definition) is 0. The lowest BCUT2D eigenvalue weighted by Crippen LogP contribution is -3.16. The SMILES string of the molecule is C[C@@H]1[C@@H]2C[C@H]3[C@H]4[C@@H](C)[C@]5(C)C(C)(C)[C@@]6(C)[C@]1(C)[C@@]32[C@]465. The molecule has 0 aliphatic heterocycles. The van der Waals surface area contributed by atoms with Gasteiger partial charge < -0.3 is 0 Å². The second-order valence-corrected chi connectivity index (χ2v) is 10.4. The molecule has 0 heterocycles. The maximum absolute atomic E-state index is 2.71. The molecule has 10 atom stereocenters. The molecule has 2 spiro atoms. The van der Waals surface area contributed by atoms with Crippen molar-refractivity contribution in [1.82, 2.24) is 0 Å². The van der Waals surface area contributed by atoms with Crippen LogP contribution in [0.2, 0.25) is 0 Å². The van der Waals surface area contributed by atoms with E-state index < -0.39 is 0 Å². The van der Waals surface area contributed by atoms with Crippen LogP contribution in [0.4, 0.5) is 0 Å². The Kier molecular flexibility index (Phi) is 1.08. The molecule has 0 saturated heterocycles. The van der Waals surface area contributed by atoms with Crippen LogP contribution < -0.4 is 0 Å². The van der Waals surface area contributed by atoms with E-state index in [1.807, 2.05) is 0 Å². The standard InChI is InChI=1S/C19H28/c1-9-11-8-12-13-10(2)15(5)14(3,4)17(7)16(9,6)18(11,12)19(13,15)17/h9-13H,8H2,1-7H3/t9-,10-,11+,12+,13-,15-,16-,17+,18+,19+/m1/s1. The average molecular weight is 256 g/mol. The van der Waals surface area contributed by atoms with E-state index in [9.17, 15) is 0 Å². The van der Waals surface area contributed by atoms with Gasteiger partial charge in [-0.3, -0.25) is 0 Å². The molecule has 0 radical (unpaired) electrons. The maximum Gasteiger partial charge on any atom is -0.00696 e. The fraction of sp³-hybridized carbons (Fsp3) is 1.00. The molecule has 6 fully saturated rings. The van der Waals surface area contributed by atoms with E-state index in [2.05, 4.69) is 48.5 Å². The van der Waals surface area contributed by atoms with Gasteiger partial charge in [-0.05, 0) is 68.5 Å². The molecule has 0 aromatic carbocycles. The third-order valence-electron chi connectivity index (χ3n) is 12.3. The Balaban J connectivity index is 1.68. The summed E-state index contributed by atoms with van der Waals surface area (Å²) in [5.41, 5.74) is 4.18. The van der Waals surface area contributed by atoms with Gasteiger partial charge in [0.1, 0.15) is 0 Å². The molecular weight excluding hydrogens is 228 g/mol. The Morgan fingerprint density at radius 3 is 2.05 bits per heavy atom. The summed E-state index contributed by atoms with van der Waals surface area (Å²) in [6.07, 6.45) is 1.60. The lowest BCUT2D eigenvalue weighted by Gasteiger charge is -3.19. The summed E-state index contributed by atoms with van der Waals surface area (Å²) in [6, 6.07) is 0. The Hall–Kier alpha value is 0. The molecular formula is C19H28. The lowest BCUT2D eigenvalue weighted by atomic mass is 8.84. The minimum Gasteiger partial charge on any atom is -0.0617 e. The van der Waals surface area contributed by atoms with E-state index in [4.69, 9.17) is 0 Å². The molecule has 6 aliphatic rings. The van der Waals surface area contributed by atoms with Gasteiger partial charge in [-0.2, -0.15) is 0 Å². The maximum atomic E-state index is 2.71. The van der Waals surface area contributed by atoms with Crippen LogP contribution in [0.1, 0.15) is 54.9 Å². The van der Waals surface area contributed by atoms with Crippen molar-refractivity contribution in [3.8, 4) is 0 Å². The first-order chi connectivity index (χ1) is 8.66. The molecule has 6 saturated carbocycles. The summed E-state index contributed by atoms with van der Waals surface area (Å²) in [5, 5.41) is 0. The van der Waals surface area contributed by atoms with Crippen LogP contribution in [-0.2, 0) is 0 Å². The van der Waals surface area contributed by atoms with Crippen molar-refractivity contribution >= 4 is 0 Å². The highest BCUT2D eigenvalue weighted by Gasteiger charge is 3.17. The van der Waals surface area contributed by atoms with Crippen LogP contribution in [0.25, 0.3) is 0 Å². The Bertz CT molecular complexity index is 589. The number of rotatable bonds is 0. The van der Waals surface area contributed by atoms with Gasteiger partial charge in [-0.15, -0.1) is 0 Å². The molecule has 0 heteroatoms. The van der Waals surface area contributed by atoms with Crippen LogP contribution in [-0.4, -0.2) is 0 Å². The summed E-state index contributed by atoms with van der Waals surface area (Å²) in [5.74, 6) is 5.38. The summed E-state index contributed by atoms with van der Waals surface area (Å²) < 4.78 is 0. The van der Waals surface area contributed by atoms with Gasteiger partial charge in [0.2, 0.25) is 0 Å². The number of fused-ring (bicyclic) bond motifs is 2. The molecule has 0 aromatic rings. The first-order valence-corrected chi connectivity index (χ1v) is 8.66. The van der Waals surface area contributed by atoms with Gasteiger partial charge in [0.05, 0.1) is 0 Å². The van der Waals surface area contributed by atoms with Crippen LogP contribution in [0.15, 0.2) is 0 Å². The smallest absolute Gasteiger partial charge is 0.00696 e. The van der Waals surface area contributed by atoms with Crippen molar-refractivity contribution in [3.63, 3.8) is 0 Å². The summed E-state index contributed by atoms with van der Waals surface area (Å²) in [4.78, 5) is 0. The second kappa shape index (κ2) is 1.92. The van der Waals surface area contributed by atoms with Crippen molar-refractivity contribution in [2.75, 3.05) is 0 Å². The normalized spacial score (nSPS) is 86.4. The third-order valence-corrected chi connectivity index (χ3v) is 12.3. The molecule has 0 nitrogen and oxygen atoms in total. The summed E-state index contributed by atoms with van der Waals surface area (Å²) in [6.45, 7) is 18.5. The largest absolute Gasteiger partial charge is 0.0617 e. The van der Waals surface area contributed by atoms with Crippen LogP contribution in [0.5, 0.6) is 0 Å². The van der Waals surface area contributed by atoms with Gasteiger partial charge in [0.15, 0.2) is 0 Å². The van der Waals surface area contributed by atoms with Gasteiger partial charge in [0.25, 0.3) is 0 Å². The lowest BCUT2D eigenvalue weighted by molar-refractivity contribution is -0.735. The predicted molar refractivity (Wildman–Crippen MR) is 76.4 cm³/mol. The Labute approximate surface area is 117 Å². The molecule has 0 N–H and O–H groups in total. The molecule has 0 unspecified atom stereocenters. The topological polar surface area (TPSA) is 0 Å². The molecule has 0 amide bonds. The monoisotopic (exact) mass is 256 g/mol. The van der Waals surface area contributed by atoms with Crippen molar-refractivity contribution in [2.24, 2.45) is 62.1 Å². The predicted octanol–water partition coefficient (Wildman–Crippen LogP) is 4.60. The highest BCUT2D eigenvalue weighted by Crippen LogP contribution is 3.20. The van der Waals surface area contributed by atoms with Crippen LogP contribution >= 0.6 is 0 Å². The first-order valence-electron chi connectivity index (χ1n) is 8.66. The Morgan fingerprint density at radius 2 is 1.42 bits per heavy atom. The van der Waals surface area contributed by atoms with Crippen molar-refractivity contribution in [1.29, 1.82) is 0 Å². The minimum absolute atomic E-state index is 0.551. The Morgan fingerprint density at radius 1 is 0.789 bits per heavy atom. The van der Waals surface area contributed by atoms with Crippen molar-refractivity contribution < 1.29 is 0 Å². The second-order valence-electron chi connectivity index (χ2n) is 10.4. The van der Waals surface area contributed by atoms with Crippen molar-refractivity contribution in [3.05, 3.63) is 0 Å². The zero-order valence-electron chi connectivity index (χ0n) is 13.6. The van der Waals surface area contributed by atoms with Crippen LogP contribution in [0, 0.1) is 62.1 Å². The van der Waals surface area contributed by atoms with Gasteiger partial charge >= 0.3 is 0 Å². The van der Waals surface area contributed by atoms with Crippen molar-refractivity contribution in [2.45, 2.75) is 54.9 Å². The van der Waals surface area contributed by atoms with Crippen LogP contribution in [0.3, 0.4) is 0 Å². The third kappa shape index (κ3) is 0.388. The van der Waals surface area contributed by atoms with E-state index in [0.29, 0.717) is 21.7 Å². The van der Waals surface area contributed by atoms with E-state index in [1.54, 1.807) is 6.42 Å². The quantitative estimate of drug-likeness (QED) is 0.594. The molecule has 6 aliphatic carbocycles. The molecule has 104 valence electrons. The molecule has 0 aromatic heterocycles. The minimum atomic E-state index is 0.551. The highest BCUT2D eigenvalue weighted by molar-refractivity contribution is 5.62. The highest BCUT2D eigenvalue weighted by atomic mass is 15.2. The van der Waals surface area contributed by atoms with Gasteiger partial charge in [-0.25, -0.2) is 0 Å². The molecule has 0 bridgehead atoms. The molecule has 6 rings (SSSR count). The zero-order chi connectivity index (χ0) is 13.6. The van der Waals surface area contributed by atoms with E-state index >= 15 is 0 Å². The van der Waals surface area contributed by atoms with Gasteiger partial charge in [0, 0.05) is 0 Å². The van der Waals surface area contributed by atoms with E-state index in [-0.39, 0.29) is 0 Å². The fourth-order valence-corrected chi connectivity index (χ4v) is 12.0. The van der Waals surface area contributed by atoms with Gasteiger partial charge in [-0.1, -0.05) is 48.5 Å². The van der Waals surface area contributed by atoms with E-state index in [0.717, 1.165) is 40.4 Å². The first kappa shape index (κ1) is 10.7. The zero-order valence-corrected chi connectivity index (χ0v) is 13.6. The summed E-state index contributed by atoms with van der Waals surface area (Å²) >= 11 is 0.